The Morgan fingerprint density at radius 3 is 3.05 bits per heavy atom. The first-order valence-corrected chi connectivity index (χ1v) is 8.81. The largest absolute Gasteiger partial charge is 0.465 e. The number of thiocarbonyl (C=S) groups is 1. The van der Waals surface area contributed by atoms with E-state index in [0.717, 1.165) is 49.3 Å². The van der Waals surface area contributed by atoms with Crippen LogP contribution in [0.15, 0.2) is 0 Å². The van der Waals surface area contributed by atoms with Gasteiger partial charge >= 0.3 is 5.97 Å². The van der Waals surface area contributed by atoms with Gasteiger partial charge in [-0.1, -0.05) is 0 Å². The van der Waals surface area contributed by atoms with Gasteiger partial charge < -0.3 is 20.1 Å². The van der Waals surface area contributed by atoms with E-state index in [0.29, 0.717) is 17.2 Å². The molecule has 0 radical (unpaired) electrons. The predicted octanol–water partition coefficient (Wildman–Crippen LogP) is 2.49. The van der Waals surface area contributed by atoms with Crippen LogP contribution in [0.25, 0.3) is 0 Å². The van der Waals surface area contributed by atoms with Crippen molar-refractivity contribution in [3.8, 4) is 0 Å². The normalized spacial score (nSPS) is 19.8. The van der Waals surface area contributed by atoms with E-state index in [-0.39, 0.29) is 12.1 Å². The van der Waals surface area contributed by atoms with Crippen molar-refractivity contribution in [1.82, 2.24) is 5.32 Å². The van der Waals surface area contributed by atoms with Gasteiger partial charge in [-0.25, -0.2) is 4.79 Å². The van der Waals surface area contributed by atoms with E-state index in [1.54, 1.807) is 11.3 Å². The minimum Gasteiger partial charge on any atom is -0.465 e. The second-order valence-corrected chi connectivity index (χ2v) is 7.04. The highest BCUT2D eigenvalue weighted by Crippen LogP contribution is 2.39. The second kappa shape index (κ2) is 6.93. The Morgan fingerprint density at radius 1 is 1.45 bits per heavy atom. The number of hydrogen-bond acceptors (Lipinski definition) is 5. The fourth-order valence-electron chi connectivity index (χ4n) is 2.97. The molecule has 3 rings (SSSR count). The Hall–Kier alpha value is -1.18. The molecule has 1 aliphatic heterocycles. The van der Waals surface area contributed by atoms with Gasteiger partial charge in [-0.05, 0) is 49.9 Å². The van der Waals surface area contributed by atoms with Crippen LogP contribution in [0.2, 0.25) is 0 Å². The molecule has 2 N–H and O–H groups in total. The maximum atomic E-state index is 12.1. The molecule has 1 fully saturated rings. The van der Waals surface area contributed by atoms with E-state index >= 15 is 0 Å². The molecule has 0 spiro atoms. The molecule has 1 aliphatic carbocycles. The lowest BCUT2D eigenvalue weighted by Crippen LogP contribution is -2.35. The van der Waals surface area contributed by atoms with Crippen molar-refractivity contribution in [1.29, 1.82) is 0 Å². The van der Waals surface area contributed by atoms with Crippen LogP contribution in [0.1, 0.15) is 40.1 Å². The van der Waals surface area contributed by atoms with Crippen molar-refractivity contribution in [3.63, 3.8) is 0 Å². The average Bonchev–Trinajstić information content (AvgIpc) is 3.21. The Kier molecular flexibility index (Phi) is 4.95. The minimum atomic E-state index is -0.288. The number of nitrogens with one attached hydrogen (secondary N) is 2. The lowest BCUT2D eigenvalue weighted by molar-refractivity contribution is 0.0601. The molecule has 7 heteroatoms. The first kappa shape index (κ1) is 15.7. The summed E-state index contributed by atoms with van der Waals surface area (Å²) in [4.78, 5) is 13.3. The summed E-state index contributed by atoms with van der Waals surface area (Å²) in [5.74, 6) is -0.288. The topological polar surface area (TPSA) is 59.6 Å². The summed E-state index contributed by atoms with van der Waals surface area (Å²) >= 11 is 6.94. The number of carbonyl (C=O) groups is 1. The minimum absolute atomic E-state index is 0.230. The Labute approximate surface area is 139 Å². The van der Waals surface area contributed by atoms with E-state index < -0.39 is 0 Å². The molecule has 0 saturated carbocycles. The van der Waals surface area contributed by atoms with E-state index in [2.05, 4.69) is 10.6 Å². The summed E-state index contributed by atoms with van der Waals surface area (Å²) in [6.07, 6.45) is 5.48. The molecule has 1 aromatic rings. The van der Waals surface area contributed by atoms with E-state index in [1.807, 2.05) is 0 Å². The molecule has 1 aromatic heterocycles. The maximum Gasteiger partial charge on any atom is 0.341 e. The Balaban J connectivity index is 1.66. The smallest absolute Gasteiger partial charge is 0.341 e. The van der Waals surface area contributed by atoms with Gasteiger partial charge in [0, 0.05) is 18.0 Å². The van der Waals surface area contributed by atoms with Gasteiger partial charge in [0.05, 0.1) is 18.8 Å². The second-order valence-electron chi connectivity index (χ2n) is 5.52. The standard InChI is InChI=1S/C15H20N2O3S2/c1-19-14(18)12-10-5-2-6-11(10)22-13(12)17-15(21)16-8-9-4-3-7-20-9/h9H,2-8H2,1H3,(H2,16,17,21)/t9-/m0/s1. The lowest BCUT2D eigenvalue weighted by Gasteiger charge is -2.14. The van der Waals surface area contributed by atoms with Crippen molar-refractivity contribution in [3.05, 3.63) is 16.0 Å². The van der Waals surface area contributed by atoms with E-state index in [9.17, 15) is 4.79 Å². The molecule has 2 heterocycles. The maximum absolute atomic E-state index is 12.1. The summed E-state index contributed by atoms with van der Waals surface area (Å²) in [6.45, 7) is 1.53. The van der Waals surface area contributed by atoms with Crippen LogP contribution in [0.5, 0.6) is 0 Å². The number of anilines is 1. The highest BCUT2D eigenvalue weighted by atomic mass is 32.1. The number of ether oxygens (including phenoxy) is 2. The summed E-state index contributed by atoms with van der Waals surface area (Å²) in [7, 11) is 1.42. The summed E-state index contributed by atoms with van der Waals surface area (Å²) in [5, 5.41) is 7.65. The quantitative estimate of drug-likeness (QED) is 0.649. The molecule has 1 atom stereocenters. The van der Waals surface area contributed by atoms with Crippen LogP contribution in [0.3, 0.4) is 0 Å². The van der Waals surface area contributed by atoms with Gasteiger partial charge in [0.2, 0.25) is 0 Å². The van der Waals surface area contributed by atoms with Gasteiger partial charge in [0.15, 0.2) is 5.11 Å². The molecule has 22 heavy (non-hydrogen) atoms. The zero-order chi connectivity index (χ0) is 15.5. The zero-order valence-electron chi connectivity index (χ0n) is 12.6. The fraction of sp³-hybridized carbons (Fsp3) is 0.600. The van der Waals surface area contributed by atoms with Crippen LogP contribution >= 0.6 is 23.6 Å². The monoisotopic (exact) mass is 340 g/mol. The number of rotatable bonds is 4. The van der Waals surface area contributed by atoms with Crippen molar-refractivity contribution < 1.29 is 14.3 Å². The number of fused-ring (bicyclic) bond motifs is 1. The summed E-state index contributed by atoms with van der Waals surface area (Å²) in [5.41, 5.74) is 1.78. The fourth-order valence-corrected chi connectivity index (χ4v) is 4.50. The number of esters is 1. The Morgan fingerprint density at radius 2 is 2.32 bits per heavy atom. The third kappa shape index (κ3) is 3.26. The van der Waals surface area contributed by atoms with Gasteiger partial charge in [0.25, 0.3) is 0 Å². The van der Waals surface area contributed by atoms with Gasteiger partial charge in [-0.15, -0.1) is 11.3 Å². The van der Waals surface area contributed by atoms with Crippen molar-refractivity contribution in [2.75, 3.05) is 25.6 Å². The molecule has 120 valence electrons. The third-order valence-corrected chi connectivity index (χ3v) is 5.51. The van der Waals surface area contributed by atoms with E-state index in [4.69, 9.17) is 21.7 Å². The van der Waals surface area contributed by atoms with Crippen LogP contribution in [-0.2, 0) is 22.3 Å². The van der Waals surface area contributed by atoms with Gasteiger partial charge in [-0.2, -0.15) is 0 Å². The number of carbonyl (C=O) groups excluding carboxylic acids is 1. The molecule has 0 aromatic carbocycles. The lowest BCUT2D eigenvalue weighted by atomic mass is 10.1. The van der Waals surface area contributed by atoms with Crippen LogP contribution < -0.4 is 10.6 Å². The number of hydrogen-bond donors (Lipinski definition) is 2. The van der Waals surface area contributed by atoms with Crippen LogP contribution in [0.4, 0.5) is 5.00 Å². The average molecular weight is 340 g/mol. The highest BCUT2D eigenvalue weighted by molar-refractivity contribution is 7.80. The molecule has 2 aliphatic rings. The van der Waals surface area contributed by atoms with Crippen LogP contribution in [0, 0.1) is 0 Å². The summed E-state index contributed by atoms with van der Waals surface area (Å²) in [6, 6.07) is 0. The number of aryl methyl sites for hydroxylation is 1. The molecule has 5 nitrogen and oxygen atoms in total. The molecular formula is C15H20N2O3S2. The van der Waals surface area contributed by atoms with Crippen LogP contribution in [-0.4, -0.2) is 37.4 Å². The van der Waals surface area contributed by atoms with Crippen molar-refractivity contribution in [2.45, 2.75) is 38.2 Å². The van der Waals surface area contributed by atoms with Crippen molar-refractivity contribution >= 4 is 39.6 Å². The molecule has 1 saturated heterocycles. The SMILES string of the molecule is COC(=O)c1c(NC(=S)NC[C@@H]2CCCO2)sc2c1CCC2. The third-order valence-electron chi connectivity index (χ3n) is 4.05. The molecule has 0 unspecified atom stereocenters. The number of thiophene rings is 1. The molecule has 0 amide bonds. The predicted molar refractivity (Wildman–Crippen MR) is 90.9 cm³/mol. The Bertz CT molecular complexity index is 580. The zero-order valence-corrected chi connectivity index (χ0v) is 14.2. The first-order valence-electron chi connectivity index (χ1n) is 7.58. The number of methoxy groups -OCH3 is 1. The van der Waals surface area contributed by atoms with E-state index in [1.165, 1.54) is 12.0 Å². The summed E-state index contributed by atoms with van der Waals surface area (Å²) < 4.78 is 10.5. The highest BCUT2D eigenvalue weighted by Gasteiger charge is 2.27. The van der Waals surface area contributed by atoms with Gasteiger partial charge in [0.1, 0.15) is 5.00 Å². The molecular weight excluding hydrogens is 320 g/mol. The first-order chi connectivity index (χ1) is 10.7. The van der Waals surface area contributed by atoms with Crippen molar-refractivity contribution in [2.24, 2.45) is 0 Å². The van der Waals surface area contributed by atoms with Gasteiger partial charge in [-0.3, -0.25) is 0 Å². The molecule has 0 bridgehead atoms.